The number of aromatic amines is 2. The number of hydrogen-bond donors (Lipinski definition) is 5. The van der Waals surface area contributed by atoms with Crippen LogP contribution in [0.4, 0.5) is 5.82 Å². The van der Waals surface area contributed by atoms with Crippen LogP contribution in [0.25, 0.3) is 22.2 Å². The number of aliphatic hydroxyl groups excluding tert-OH is 2. The van der Waals surface area contributed by atoms with E-state index < -0.39 is 30.2 Å². The van der Waals surface area contributed by atoms with Gasteiger partial charge in [0.05, 0.1) is 17.4 Å². The number of H-pyrrole nitrogens is 2. The lowest BCUT2D eigenvalue weighted by Gasteiger charge is -2.46. The molecule has 4 aromatic rings. The summed E-state index contributed by atoms with van der Waals surface area (Å²) < 4.78 is 7.65. The second-order valence-electron chi connectivity index (χ2n) is 13.3. The number of nitrogens with zero attached hydrogens (tertiary/aromatic N) is 5. The molecule has 1 aliphatic heterocycles. The molecular weight excluding hydrogens is 536 g/mol. The Bertz CT molecular complexity index is 1630. The third kappa shape index (κ3) is 5.32. The van der Waals surface area contributed by atoms with Gasteiger partial charge >= 0.3 is 5.69 Å². The number of nitrogens with two attached hydrogens (primary N) is 1. The van der Waals surface area contributed by atoms with Crippen molar-refractivity contribution in [1.29, 1.82) is 0 Å². The molecule has 4 unspecified atom stereocenters. The van der Waals surface area contributed by atoms with Crippen LogP contribution in [0.3, 0.4) is 0 Å². The average molecular weight is 579 g/mol. The first-order chi connectivity index (χ1) is 19.9. The number of aryl methyl sites for hydroxylation is 1. The fraction of sp³-hybridized carbons (Fsp3) is 0.600. The fourth-order valence-corrected chi connectivity index (χ4v) is 6.43. The summed E-state index contributed by atoms with van der Waals surface area (Å²) in [7, 11) is 0. The monoisotopic (exact) mass is 578 g/mol. The summed E-state index contributed by atoms with van der Waals surface area (Å²) in [5, 5.41) is 21.8. The number of rotatable bonds is 8. The number of anilines is 1. The Morgan fingerprint density at radius 3 is 2.64 bits per heavy atom. The minimum absolute atomic E-state index is 0.0915. The number of nitrogen functional groups attached to an aromatic ring is 1. The molecule has 1 saturated heterocycles. The second kappa shape index (κ2) is 10.7. The largest absolute Gasteiger partial charge is 0.387 e. The van der Waals surface area contributed by atoms with E-state index in [-0.39, 0.29) is 22.9 Å². The summed E-state index contributed by atoms with van der Waals surface area (Å²) in [5.74, 6) is 1.73. The van der Waals surface area contributed by atoms with Crippen LogP contribution in [-0.4, -0.2) is 81.5 Å². The highest BCUT2D eigenvalue weighted by Gasteiger charge is 2.46. The molecular formula is C30H42N8O4. The Kier molecular flexibility index (Phi) is 7.37. The number of nitrogens with one attached hydrogen (secondary N) is 2. The zero-order valence-electron chi connectivity index (χ0n) is 24.9. The van der Waals surface area contributed by atoms with Crippen molar-refractivity contribution in [2.45, 2.75) is 102 Å². The zero-order chi connectivity index (χ0) is 29.9. The molecule has 226 valence electrons. The maximum atomic E-state index is 11.9. The standard InChI is InChI=1S/C30H42N8O4/c1-15(2)37(13-21-24(39)25(40)28(42-21)38-14-32-23-26(31)35-29(41)36-27(23)38)18-10-16(11-18)6-9-22-33-19-8-7-17(30(3,4)5)12-20(19)34-22/h7-8,12,14-16,18,21,24-25,28,39-40H,6,9-11,13H2,1-5H3,(H,33,34)(H3,31,35,36,41). The molecule has 4 atom stereocenters. The molecule has 1 saturated carbocycles. The van der Waals surface area contributed by atoms with E-state index in [1.165, 1.54) is 16.5 Å². The molecule has 42 heavy (non-hydrogen) atoms. The van der Waals surface area contributed by atoms with E-state index in [1.807, 2.05) is 0 Å². The van der Waals surface area contributed by atoms with Gasteiger partial charge in [-0.2, -0.15) is 4.98 Å². The minimum atomic E-state index is -1.21. The Morgan fingerprint density at radius 2 is 1.93 bits per heavy atom. The highest BCUT2D eigenvalue weighted by Crippen LogP contribution is 2.38. The summed E-state index contributed by atoms with van der Waals surface area (Å²) in [6.45, 7) is 11.4. The molecule has 2 fully saturated rings. The lowest BCUT2D eigenvalue weighted by molar-refractivity contribution is -0.0620. The number of benzene rings is 1. The van der Waals surface area contributed by atoms with Gasteiger partial charge in [-0.15, -0.1) is 0 Å². The van der Waals surface area contributed by atoms with Crippen molar-refractivity contribution in [3.63, 3.8) is 0 Å². The topological polar surface area (TPSA) is 171 Å². The van der Waals surface area contributed by atoms with Gasteiger partial charge in [0.1, 0.15) is 35.5 Å². The Morgan fingerprint density at radius 1 is 1.17 bits per heavy atom. The van der Waals surface area contributed by atoms with Crippen LogP contribution >= 0.6 is 0 Å². The van der Waals surface area contributed by atoms with Crippen molar-refractivity contribution in [3.05, 3.63) is 46.4 Å². The van der Waals surface area contributed by atoms with Gasteiger partial charge in [0.15, 0.2) is 11.9 Å². The predicted octanol–water partition coefficient (Wildman–Crippen LogP) is 2.62. The number of ether oxygens (including phenoxy) is 1. The molecule has 12 nitrogen and oxygen atoms in total. The van der Waals surface area contributed by atoms with Gasteiger partial charge in [-0.05, 0) is 62.1 Å². The normalized spacial score (nSPS) is 26.6. The second-order valence-corrected chi connectivity index (χ2v) is 13.3. The van der Waals surface area contributed by atoms with E-state index in [1.54, 1.807) is 0 Å². The number of imidazole rings is 2. The minimum Gasteiger partial charge on any atom is -0.387 e. The summed E-state index contributed by atoms with van der Waals surface area (Å²) in [6, 6.07) is 7.11. The zero-order valence-corrected chi connectivity index (χ0v) is 24.9. The van der Waals surface area contributed by atoms with Gasteiger partial charge in [-0.3, -0.25) is 14.5 Å². The molecule has 0 radical (unpaired) electrons. The van der Waals surface area contributed by atoms with Gasteiger partial charge in [-0.1, -0.05) is 26.8 Å². The average Bonchev–Trinajstić information content (AvgIpc) is 3.57. The molecule has 2 aliphatic rings. The first-order valence-corrected chi connectivity index (χ1v) is 14.9. The Hall–Kier alpha value is -3.32. The summed E-state index contributed by atoms with van der Waals surface area (Å²) in [6.07, 6.45) is 1.69. The molecule has 0 amide bonds. The molecule has 1 aromatic carbocycles. The quantitative estimate of drug-likeness (QED) is 0.211. The van der Waals surface area contributed by atoms with Crippen LogP contribution in [0, 0.1) is 5.92 Å². The van der Waals surface area contributed by atoms with Crippen molar-refractivity contribution < 1.29 is 14.9 Å². The van der Waals surface area contributed by atoms with Crippen LogP contribution in [-0.2, 0) is 16.6 Å². The van der Waals surface area contributed by atoms with Crippen molar-refractivity contribution in [3.8, 4) is 0 Å². The number of aromatic nitrogens is 6. The maximum Gasteiger partial charge on any atom is 0.348 e. The lowest BCUT2D eigenvalue weighted by Crippen LogP contribution is -2.52. The van der Waals surface area contributed by atoms with Gasteiger partial charge in [-0.25, -0.2) is 14.8 Å². The van der Waals surface area contributed by atoms with E-state index in [0.29, 0.717) is 24.0 Å². The Balaban J connectivity index is 1.07. The van der Waals surface area contributed by atoms with Gasteiger partial charge in [0, 0.05) is 25.0 Å². The fourth-order valence-electron chi connectivity index (χ4n) is 6.43. The molecule has 0 spiro atoms. The molecule has 6 N–H and O–H groups in total. The van der Waals surface area contributed by atoms with E-state index in [2.05, 4.69) is 77.7 Å². The Labute approximate surface area is 244 Å². The van der Waals surface area contributed by atoms with Crippen molar-refractivity contribution in [1.82, 2.24) is 34.4 Å². The van der Waals surface area contributed by atoms with Crippen LogP contribution in [0.15, 0.2) is 29.3 Å². The number of fused-ring (bicyclic) bond motifs is 2. The molecule has 1 aliphatic carbocycles. The predicted molar refractivity (Wildman–Crippen MR) is 160 cm³/mol. The van der Waals surface area contributed by atoms with E-state index in [0.717, 1.165) is 42.5 Å². The molecule has 6 rings (SSSR count). The molecule has 12 heteroatoms. The first-order valence-electron chi connectivity index (χ1n) is 14.9. The SMILES string of the molecule is CC(C)N(CC1OC(n2cnc3c(N)[nH]c(=O)nc32)C(O)C1O)C1CC(CCc2nc3ccc(C(C)(C)C)cc3[nH]2)C1. The summed E-state index contributed by atoms with van der Waals surface area (Å²) in [5.41, 5.74) is 9.28. The van der Waals surface area contributed by atoms with Crippen LogP contribution in [0.5, 0.6) is 0 Å². The summed E-state index contributed by atoms with van der Waals surface area (Å²) >= 11 is 0. The van der Waals surface area contributed by atoms with Crippen molar-refractivity contribution in [2.24, 2.45) is 5.92 Å². The third-order valence-electron chi connectivity index (χ3n) is 9.00. The third-order valence-corrected chi connectivity index (χ3v) is 9.00. The molecule has 4 heterocycles. The number of aliphatic hydroxyl groups is 2. The van der Waals surface area contributed by atoms with E-state index in [4.69, 9.17) is 15.5 Å². The smallest absolute Gasteiger partial charge is 0.348 e. The maximum absolute atomic E-state index is 11.9. The molecule has 0 bridgehead atoms. The van der Waals surface area contributed by atoms with Crippen molar-refractivity contribution in [2.75, 3.05) is 12.3 Å². The van der Waals surface area contributed by atoms with E-state index >= 15 is 0 Å². The van der Waals surface area contributed by atoms with Crippen LogP contribution < -0.4 is 11.4 Å². The highest BCUT2D eigenvalue weighted by molar-refractivity contribution is 5.81. The first kappa shape index (κ1) is 28.8. The number of hydrogen-bond acceptors (Lipinski definition) is 9. The van der Waals surface area contributed by atoms with Crippen LogP contribution in [0.1, 0.15) is 71.5 Å². The molecule has 3 aromatic heterocycles. The van der Waals surface area contributed by atoms with Gasteiger partial charge in [0.25, 0.3) is 0 Å². The van der Waals surface area contributed by atoms with Gasteiger partial charge < -0.3 is 25.7 Å². The lowest BCUT2D eigenvalue weighted by atomic mass is 9.76. The highest BCUT2D eigenvalue weighted by atomic mass is 16.6. The van der Waals surface area contributed by atoms with Crippen LogP contribution in [0.2, 0.25) is 0 Å². The van der Waals surface area contributed by atoms with E-state index in [9.17, 15) is 15.0 Å². The summed E-state index contributed by atoms with van der Waals surface area (Å²) in [4.78, 5) is 33.2. The van der Waals surface area contributed by atoms with Crippen molar-refractivity contribution >= 4 is 28.0 Å². The van der Waals surface area contributed by atoms with Gasteiger partial charge in [0.2, 0.25) is 0 Å².